The number of amides is 2. The van der Waals surface area contributed by atoms with E-state index in [0.717, 1.165) is 50.9 Å². The molecule has 2 aromatic carbocycles. The maximum Gasteiger partial charge on any atom is 0.410 e. The van der Waals surface area contributed by atoms with Gasteiger partial charge >= 0.3 is 6.09 Å². The number of benzene rings is 2. The highest BCUT2D eigenvalue weighted by molar-refractivity contribution is 5.91. The van der Waals surface area contributed by atoms with E-state index in [2.05, 4.69) is 17.4 Å². The highest BCUT2D eigenvalue weighted by Crippen LogP contribution is 2.24. The summed E-state index contributed by atoms with van der Waals surface area (Å²) >= 11 is 0. The van der Waals surface area contributed by atoms with Gasteiger partial charge in [-0.05, 0) is 88.6 Å². The number of anilines is 1. The molecular weight excluding hydrogens is 416 g/mol. The molecule has 0 aliphatic carbocycles. The van der Waals surface area contributed by atoms with Crippen LogP contribution in [0.4, 0.5) is 10.5 Å². The van der Waals surface area contributed by atoms with Gasteiger partial charge in [0, 0.05) is 18.8 Å². The fourth-order valence-electron chi connectivity index (χ4n) is 3.94. The Morgan fingerprint density at radius 3 is 2.30 bits per heavy atom. The van der Waals surface area contributed by atoms with Gasteiger partial charge < -0.3 is 19.7 Å². The zero-order valence-electron chi connectivity index (χ0n) is 20.0. The molecule has 0 unspecified atom stereocenters. The molecule has 1 aliphatic rings. The van der Waals surface area contributed by atoms with Crippen LogP contribution in [0.25, 0.3) is 0 Å². The summed E-state index contributed by atoms with van der Waals surface area (Å²) in [6, 6.07) is 17.3. The van der Waals surface area contributed by atoms with Crippen molar-refractivity contribution < 1.29 is 19.1 Å². The lowest BCUT2D eigenvalue weighted by molar-refractivity contribution is -0.118. The summed E-state index contributed by atoms with van der Waals surface area (Å²) in [5.41, 5.74) is 1.59. The van der Waals surface area contributed by atoms with Crippen LogP contribution in [0.5, 0.6) is 5.75 Å². The molecule has 1 heterocycles. The van der Waals surface area contributed by atoms with E-state index in [9.17, 15) is 9.59 Å². The maximum absolute atomic E-state index is 12.2. The van der Waals surface area contributed by atoms with E-state index in [1.807, 2.05) is 68.1 Å². The molecule has 6 heteroatoms. The average molecular weight is 453 g/mol. The van der Waals surface area contributed by atoms with Crippen molar-refractivity contribution in [2.45, 2.75) is 58.5 Å². The van der Waals surface area contributed by atoms with E-state index in [0.29, 0.717) is 11.7 Å². The van der Waals surface area contributed by atoms with Crippen LogP contribution in [0, 0.1) is 5.92 Å². The first-order valence-corrected chi connectivity index (χ1v) is 11.8. The lowest BCUT2D eigenvalue weighted by Crippen LogP contribution is -2.41. The van der Waals surface area contributed by atoms with Crippen LogP contribution in [0.15, 0.2) is 54.6 Å². The Kier molecular flexibility index (Phi) is 8.75. The maximum atomic E-state index is 12.2. The van der Waals surface area contributed by atoms with E-state index in [-0.39, 0.29) is 18.6 Å². The molecule has 0 atom stereocenters. The van der Waals surface area contributed by atoms with Crippen molar-refractivity contribution >= 4 is 17.7 Å². The number of carbonyl (C=O) groups excluding carboxylic acids is 2. The zero-order valence-corrected chi connectivity index (χ0v) is 20.0. The Bertz CT molecular complexity index is 883. The summed E-state index contributed by atoms with van der Waals surface area (Å²) < 4.78 is 10.9. The molecule has 2 amide bonds. The second-order valence-electron chi connectivity index (χ2n) is 9.65. The molecule has 0 spiro atoms. The molecular formula is C27H36N2O4. The fourth-order valence-corrected chi connectivity index (χ4v) is 3.94. The number of nitrogens with one attached hydrogen (secondary N) is 1. The summed E-state index contributed by atoms with van der Waals surface area (Å²) in [4.78, 5) is 26.1. The number of rotatable bonds is 8. The van der Waals surface area contributed by atoms with Crippen LogP contribution in [0.2, 0.25) is 0 Å². The van der Waals surface area contributed by atoms with Gasteiger partial charge in [0.05, 0.1) is 0 Å². The van der Waals surface area contributed by atoms with E-state index < -0.39 is 5.60 Å². The van der Waals surface area contributed by atoms with Crippen molar-refractivity contribution in [2.24, 2.45) is 5.92 Å². The summed E-state index contributed by atoms with van der Waals surface area (Å²) in [5, 5.41) is 2.87. The third kappa shape index (κ3) is 8.79. The van der Waals surface area contributed by atoms with Gasteiger partial charge in [0.15, 0.2) is 6.61 Å². The molecule has 1 aliphatic heterocycles. The summed E-state index contributed by atoms with van der Waals surface area (Å²) in [7, 11) is 0. The van der Waals surface area contributed by atoms with E-state index in [1.54, 1.807) is 0 Å². The first kappa shape index (κ1) is 24.6. The first-order chi connectivity index (χ1) is 15.8. The minimum atomic E-state index is -0.442. The number of carbonyl (C=O) groups is 2. The average Bonchev–Trinajstić information content (AvgIpc) is 2.79. The second kappa shape index (κ2) is 11.7. The quantitative estimate of drug-likeness (QED) is 0.560. The number of hydrogen-bond donors (Lipinski definition) is 1. The molecule has 1 saturated heterocycles. The normalized spacial score (nSPS) is 14.6. The van der Waals surface area contributed by atoms with Crippen molar-refractivity contribution in [3.8, 4) is 5.75 Å². The van der Waals surface area contributed by atoms with E-state index in [1.165, 1.54) is 5.56 Å². The number of likely N-dealkylation sites (tertiary alicyclic amines) is 1. The van der Waals surface area contributed by atoms with Gasteiger partial charge in [-0.2, -0.15) is 0 Å². The Labute approximate surface area is 197 Å². The van der Waals surface area contributed by atoms with Gasteiger partial charge in [-0.3, -0.25) is 4.79 Å². The van der Waals surface area contributed by atoms with Gasteiger partial charge in [0.2, 0.25) is 0 Å². The molecule has 178 valence electrons. The third-order valence-electron chi connectivity index (χ3n) is 5.69. The van der Waals surface area contributed by atoms with Crippen LogP contribution in [0.1, 0.15) is 52.0 Å². The molecule has 0 aromatic heterocycles. The number of para-hydroxylation sites is 1. The largest absolute Gasteiger partial charge is 0.484 e. The van der Waals surface area contributed by atoms with Crippen molar-refractivity contribution in [3.05, 3.63) is 60.2 Å². The smallest absolute Gasteiger partial charge is 0.410 e. The van der Waals surface area contributed by atoms with Crippen molar-refractivity contribution in [2.75, 3.05) is 25.0 Å². The second-order valence-corrected chi connectivity index (χ2v) is 9.65. The van der Waals surface area contributed by atoms with Gasteiger partial charge in [-0.15, -0.1) is 0 Å². The summed E-state index contributed by atoms with van der Waals surface area (Å²) in [6.07, 6.45) is 5.17. The van der Waals surface area contributed by atoms with Crippen molar-refractivity contribution in [3.63, 3.8) is 0 Å². The van der Waals surface area contributed by atoms with Crippen molar-refractivity contribution in [1.82, 2.24) is 4.90 Å². The van der Waals surface area contributed by atoms with Gasteiger partial charge in [-0.25, -0.2) is 4.79 Å². The Morgan fingerprint density at radius 2 is 1.67 bits per heavy atom. The van der Waals surface area contributed by atoms with Crippen molar-refractivity contribution in [1.29, 1.82) is 0 Å². The molecule has 1 N–H and O–H groups in total. The highest BCUT2D eigenvalue weighted by Gasteiger charge is 2.26. The number of ether oxygens (including phenoxy) is 2. The summed E-state index contributed by atoms with van der Waals surface area (Å²) in [6.45, 7) is 7.25. The van der Waals surface area contributed by atoms with Crippen LogP contribution < -0.4 is 10.1 Å². The Balaban J connectivity index is 1.32. The molecule has 2 aromatic rings. The number of piperidine rings is 1. The predicted octanol–water partition coefficient (Wildman–Crippen LogP) is 5.67. The lowest BCUT2D eigenvalue weighted by atomic mass is 9.91. The molecule has 0 bridgehead atoms. The topological polar surface area (TPSA) is 67.9 Å². The molecule has 33 heavy (non-hydrogen) atoms. The molecule has 3 rings (SSSR count). The van der Waals surface area contributed by atoms with Gasteiger partial charge in [0.1, 0.15) is 11.4 Å². The highest BCUT2D eigenvalue weighted by atomic mass is 16.6. The number of hydrogen-bond acceptors (Lipinski definition) is 4. The monoisotopic (exact) mass is 452 g/mol. The van der Waals surface area contributed by atoms with E-state index in [4.69, 9.17) is 9.47 Å². The number of aryl methyl sites for hydroxylation is 1. The third-order valence-corrected chi connectivity index (χ3v) is 5.69. The van der Waals surface area contributed by atoms with Gasteiger partial charge in [0.25, 0.3) is 5.91 Å². The predicted molar refractivity (Wildman–Crippen MR) is 130 cm³/mol. The standard InChI is InChI=1S/C27H36N2O4/c1-27(2,3)33-26(31)29-18-16-22(17-19-29)9-7-8-21-12-14-23(15-13-21)28-25(30)20-32-24-10-5-4-6-11-24/h4-6,10-15,22H,7-9,16-20H2,1-3H3,(H,28,30). The lowest BCUT2D eigenvalue weighted by Gasteiger charge is -2.33. The molecule has 6 nitrogen and oxygen atoms in total. The summed E-state index contributed by atoms with van der Waals surface area (Å²) in [5.74, 6) is 1.16. The van der Waals surface area contributed by atoms with Crippen LogP contribution in [-0.4, -0.2) is 42.2 Å². The van der Waals surface area contributed by atoms with E-state index >= 15 is 0 Å². The van der Waals surface area contributed by atoms with Crippen LogP contribution in [0.3, 0.4) is 0 Å². The zero-order chi connectivity index (χ0) is 23.7. The Morgan fingerprint density at radius 1 is 1.00 bits per heavy atom. The van der Waals surface area contributed by atoms with Crippen LogP contribution >= 0.6 is 0 Å². The molecule has 0 saturated carbocycles. The van der Waals surface area contributed by atoms with Gasteiger partial charge in [-0.1, -0.05) is 30.3 Å². The molecule has 1 fully saturated rings. The minimum Gasteiger partial charge on any atom is -0.484 e. The first-order valence-electron chi connectivity index (χ1n) is 11.8. The number of nitrogens with zero attached hydrogens (tertiary/aromatic N) is 1. The minimum absolute atomic E-state index is 0.0154. The SMILES string of the molecule is CC(C)(C)OC(=O)N1CCC(CCCc2ccc(NC(=O)COc3ccccc3)cc2)CC1. The fraction of sp³-hybridized carbons (Fsp3) is 0.481. The Hall–Kier alpha value is -3.02. The molecule has 0 radical (unpaired) electrons. The van der Waals surface area contributed by atoms with Crippen LogP contribution in [-0.2, 0) is 16.0 Å².